The molecule has 4 N–H and O–H groups in total. The number of ether oxygens (including phenoxy) is 1. The molecule has 0 unspecified atom stereocenters. The third kappa shape index (κ3) is 7.74. The van der Waals surface area contributed by atoms with Gasteiger partial charge in [-0.2, -0.15) is 0 Å². The second-order valence-corrected chi connectivity index (χ2v) is 14.1. The van der Waals surface area contributed by atoms with Crippen molar-refractivity contribution >= 4 is 38.8 Å². The van der Waals surface area contributed by atoms with Gasteiger partial charge in [-0.1, -0.05) is 31.2 Å². The maximum Gasteiger partial charge on any atom is 0.408 e. The van der Waals surface area contributed by atoms with Gasteiger partial charge in [0, 0.05) is 43.2 Å². The molecule has 0 saturated heterocycles. The molecule has 0 radical (unpaired) electrons. The van der Waals surface area contributed by atoms with Gasteiger partial charge >= 0.3 is 6.09 Å². The van der Waals surface area contributed by atoms with E-state index in [1.54, 1.807) is 64.6 Å². The molecule has 232 valence electrons. The van der Waals surface area contributed by atoms with Crippen molar-refractivity contribution in [1.82, 2.24) is 25.2 Å². The van der Waals surface area contributed by atoms with Crippen molar-refractivity contribution in [3.05, 3.63) is 65.4 Å². The number of H-pyrrole nitrogens is 1. The number of carbonyl (C=O) groups excluding carboxylic acids is 3. The number of fused-ring (bicyclic) bond motifs is 2. The van der Waals surface area contributed by atoms with E-state index in [4.69, 9.17) is 4.74 Å². The van der Waals surface area contributed by atoms with E-state index >= 15 is 0 Å². The van der Waals surface area contributed by atoms with Crippen molar-refractivity contribution in [1.29, 1.82) is 0 Å². The van der Waals surface area contributed by atoms with Crippen LogP contribution >= 0.6 is 0 Å². The van der Waals surface area contributed by atoms with Crippen LogP contribution in [0.3, 0.4) is 0 Å². The van der Waals surface area contributed by atoms with E-state index in [9.17, 15) is 22.8 Å². The van der Waals surface area contributed by atoms with Crippen molar-refractivity contribution < 1.29 is 27.5 Å². The highest BCUT2D eigenvalue weighted by atomic mass is 32.2. The minimum Gasteiger partial charge on any atom is -0.444 e. The van der Waals surface area contributed by atoms with Crippen LogP contribution in [0, 0.1) is 0 Å². The van der Waals surface area contributed by atoms with Gasteiger partial charge in [-0.15, -0.1) is 0 Å². The lowest BCUT2D eigenvalue weighted by Gasteiger charge is -2.34. The van der Waals surface area contributed by atoms with Crippen molar-refractivity contribution in [3.8, 4) is 0 Å². The maximum atomic E-state index is 14.1. The third-order valence-corrected chi connectivity index (χ3v) is 8.77. The number of hydrogen-bond donors (Lipinski definition) is 4. The molecule has 3 amide bonds. The van der Waals surface area contributed by atoms with Crippen LogP contribution in [0.4, 0.5) is 4.79 Å². The zero-order valence-electron chi connectivity index (χ0n) is 25.5. The van der Waals surface area contributed by atoms with Crippen molar-refractivity contribution in [2.45, 2.75) is 83.0 Å². The molecule has 1 aliphatic heterocycles. The number of carbonyl (C=O) groups is 3. The van der Waals surface area contributed by atoms with Crippen molar-refractivity contribution in [3.63, 3.8) is 0 Å². The highest BCUT2D eigenvalue weighted by Crippen LogP contribution is 2.25. The Morgan fingerprint density at radius 2 is 1.77 bits per heavy atom. The van der Waals surface area contributed by atoms with Gasteiger partial charge in [0.05, 0.1) is 4.90 Å². The van der Waals surface area contributed by atoms with Crippen LogP contribution in [-0.4, -0.2) is 66.5 Å². The summed E-state index contributed by atoms with van der Waals surface area (Å²) in [7, 11) is -3.67. The lowest BCUT2D eigenvalue weighted by atomic mass is 9.97. The van der Waals surface area contributed by atoms with Crippen molar-refractivity contribution in [2.24, 2.45) is 0 Å². The molecule has 4 rings (SSSR count). The molecule has 3 aromatic rings. The molecule has 0 aliphatic carbocycles. The molecule has 1 aromatic heterocycles. The predicted molar refractivity (Wildman–Crippen MR) is 164 cm³/mol. The van der Waals surface area contributed by atoms with Gasteiger partial charge in [0.15, 0.2) is 0 Å². The SMILES string of the molecule is CCNS(=O)(=O)c1ccc2c(c1)CN(C(=O)[C@@H](Cc1c[nH]c3ccccc13)NC(=O)C(C)(C)NC(=O)OC(C)(C)C)CC2. The standard InChI is InChI=1S/C31H41N5O6S/c1-7-33-43(40,41)23-13-12-20-14-15-36(19-22(20)16-23)27(37)26(17-21-18-32-25-11-9-8-10-24(21)25)34-28(38)31(5,6)35-29(39)42-30(2,3)4/h8-13,16,18,26,32-33H,7,14-15,17,19H2,1-6H3,(H,34,38)(H,35,39)/t26-/m1/s1. The molecule has 1 aliphatic rings. The van der Waals surface area contributed by atoms with Gasteiger partial charge in [0.25, 0.3) is 0 Å². The normalized spacial score (nSPS) is 14.6. The summed E-state index contributed by atoms with van der Waals surface area (Å²) >= 11 is 0. The van der Waals surface area contributed by atoms with Crippen LogP contribution in [0.5, 0.6) is 0 Å². The second-order valence-electron chi connectivity index (χ2n) is 12.3. The first-order valence-corrected chi connectivity index (χ1v) is 15.9. The van der Waals surface area contributed by atoms with E-state index < -0.39 is 39.2 Å². The summed E-state index contributed by atoms with van der Waals surface area (Å²) in [5.41, 5.74) is 1.33. The number of para-hydroxylation sites is 1. The molecule has 2 aromatic carbocycles. The predicted octanol–water partition coefficient (Wildman–Crippen LogP) is 3.38. The number of amides is 3. The summed E-state index contributed by atoms with van der Waals surface area (Å²) in [6.45, 7) is 10.8. The van der Waals surface area contributed by atoms with Crippen LogP contribution in [-0.2, 0) is 43.7 Å². The summed E-state index contributed by atoms with van der Waals surface area (Å²) in [6, 6.07) is 11.7. The molecule has 2 heterocycles. The van der Waals surface area contributed by atoms with E-state index in [-0.39, 0.29) is 30.3 Å². The van der Waals surface area contributed by atoms with E-state index in [1.807, 2.05) is 30.5 Å². The van der Waals surface area contributed by atoms with E-state index in [0.717, 1.165) is 27.6 Å². The number of aromatic nitrogens is 1. The molecule has 1 atom stereocenters. The van der Waals surface area contributed by atoms with E-state index in [2.05, 4.69) is 20.3 Å². The summed E-state index contributed by atoms with van der Waals surface area (Å²) in [4.78, 5) is 45.1. The number of benzene rings is 2. The Balaban J connectivity index is 1.60. The molecule has 0 bridgehead atoms. The third-order valence-electron chi connectivity index (χ3n) is 7.23. The number of nitrogens with one attached hydrogen (secondary N) is 4. The number of aromatic amines is 1. The zero-order valence-corrected chi connectivity index (χ0v) is 26.4. The molecule has 0 saturated carbocycles. The first-order valence-electron chi connectivity index (χ1n) is 14.4. The molecule has 0 fully saturated rings. The Kier molecular flexibility index (Phi) is 9.22. The first kappa shape index (κ1) is 32.0. The second kappa shape index (κ2) is 12.4. The summed E-state index contributed by atoms with van der Waals surface area (Å²) in [5, 5.41) is 6.42. The molecule has 11 nitrogen and oxygen atoms in total. The number of alkyl carbamates (subject to hydrolysis) is 1. The smallest absolute Gasteiger partial charge is 0.408 e. The highest BCUT2D eigenvalue weighted by molar-refractivity contribution is 7.89. The van der Waals surface area contributed by atoms with Crippen LogP contribution in [0.1, 0.15) is 58.2 Å². The molecule has 43 heavy (non-hydrogen) atoms. The van der Waals surface area contributed by atoms with Crippen LogP contribution in [0.25, 0.3) is 10.9 Å². The highest BCUT2D eigenvalue weighted by Gasteiger charge is 2.36. The number of sulfonamides is 1. The average Bonchev–Trinajstić information content (AvgIpc) is 3.33. The molecular weight excluding hydrogens is 570 g/mol. The quantitative estimate of drug-likeness (QED) is 0.291. The van der Waals surface area contributed by atoms with Crippen LogP contribution in [0.2, 0.25) is 0 Å². The fourth-order valence-corrected chi connectivity index (χ4v) is 6.15. The fourth-order valence-electron chi connectivity index (χ4n) is 5.06. The van der Waals surface area contributed by atoms with Gasteiger partial charge in [-0.05, 0) is 75.9 Å². The van der Waals surface area contributed by atoms with Crippen LogP contribution in [0.15, 0.2) is 53.6 Å². The Morgan fingerprint density at radius 3 is 2.47 bits per heavy atom. The molecule has 0 spiro atoms. The Labute approximate surface area is 252 Å². The molecular formula is C31H41N5O6S. The zero-order chi connectivity index (χ0) is 31.6. The van der Waals surface area contributed by atoms with Gasteiger partial charge < -0.3 is 25.3 Å². The first-order chi connectivity index (χ1) is 20.1. The summed E-state index contributed by atoms with van der Waals surface area (Å²) in [5.74, 6) is -0.856. The van der Waals surface area contributed by atoms with Crippen LogP contribution < -0.4 is 15.4 Å². The van der Waals surface area contributed by atoms with Gasteiger partial charge in [0.2, 0.25) is 21.8 Å². The maximum absolute atomic E-state index is 14.1. The Bertz CT molecular complexity index is 1620. The van der Waals surface area contributed by atoms with Gasteiger partial charge in [0.1, 0.15) is 17.2 Å². The van der Waals surface area contributed by atoms with Crippen molar-refractivity contribution in [2.75, 3.05) is 13.1 Å². The average molecular weight is 612 g/mol. The minimum absolute atomic E-state index is 0.140. The number of nitrogens with zero attached hydrogens (tertiary/aromatic N) is 1. The lowest BCUT2D eigenvalue weighted by Crippen LogP contribution is -2.60. The minimum atomic E-state index is -3.67. The topological polar surface area (TPSA) is 150 Å². The molecule has 12 heteroatoms. The van der Waals surface area contributed by atoms with Gasteiger partial charge in [-0.3, -0.25) is 9.59 Å². The monoisotopic (exact) mass is 611 g/mol. The Hall–Kier alpha value is -3.90. The Morgan fingerprint density at radius 1 is 1.05 bits per heavy atom. The summed E-state index contributed by atoms with van der Waals surface area (Å²) < 4.78 is 33.1. The number of rotatable bonds is 9. The lowest BCUT2D eigenvalue weighted by molar-refractivity contribution is -0.138. The largest absolute Gasteiger partial charge is 0.444 e. The number of hydrogen-bond acceptors (Lipinski definition) is 6. The van der Waals surface area contributed by atoms with E-state index in [0.29, 0.717) is 13.0 Å². The summed E-state index contributed by atoms with van der Waals surface area (Å²) in [6.07, 6.45) is 1.82. The van der Waals surface area contributed by atoms with Gasteiger partial charge in [-0.25, -0.2) is 17.9 Å². The van der Waals surface area contributed by atoms with E-state index in [1.165, 1.54) is 0 Å². The fraction of sp³-hybridized carbons (Fsp3) is 0.452.